The third-order valence-corrected chi connectivity index (χ3v) is 4.79. The zero-order valence-corrected chi connectivity index (χ0v) is 13.5. The molecule has 0 saturated carbocycles. The van der Waals surface area contributed by atoms with Gasteiger partial charge in [-0.05, 0) is 24.8 Å². The van der Waals surface area contributed by atoms with Crippen LogP contribution < -0.4 is 10.2 Å². The van der Waals surface area contributed by atoms with Crippen molar-refractivity contribution in [2.75, 3.05) is 24.5 Å². The van der Waals surface area contributed by atoms with Gasteiger partial charge in [0.25, 0.3) is 0 Å². The lowest BCUT2D eigenvalue weighted by atomic mass is 9.93. The van der Waals surface area contributed by atoms with Crippen molar-refractivity contribution < 1.29 is 0 Å². The number of nitrogens with one attached hydrogen (secondary N) is 1. The van der Waals surface area contributed by atoms with Crippen LogP contribution in [0.15, 0.2) is 11.6 Å². The quantitative estimate of drug-likeness (QED) is 0.859. The molecule has 0 radical (unpaired) electrons. The number of nitrogens with zero attached hydrogens (tertiary/aromatic N) is 3. The van der Waals surface area contributed by atoms with E-state index in [4.69, 9.17) is 4.98 Å². The summed E-state index contributed by atoms with van der Waals surface area (Å²) in [6, 6.07) is 0. The van der Waals surface area contributed by atoms with E-state index in [0.717, 1.165) is 37.6 Å². The zero-order chi connectivity index (χ0) is 14.2. The fourth-order valence-electron chi connectivity index (χ4n) is 2.92. The summed E-state index contributed by atoms with van der Waals surface area (Å²) in [5.74, 6) is 1.19. The highest BCUT2D eigenvalue weighted by atomic mass is 32.1. The van der Waals surface area contributed by atoms with Gasteiger partial charge in [-0.1, -0.05) is 20.8 Å². The second kappa shape index (κ2) is 5.37. The molecule has 1 aliphatic heterocycles. The summed E-state index contributed by atoms with van der Waals surface area (Å²) < 4.78 is 2.24. The van der Waals surface area contributed by atoms with Crippen molar-refractivity contribution in [3.63, 3.8) is 0 Å². The molecule has 0 amide bonds. The van der Waals surface area contributed by atoms with Crippen LogP contribution in [0.4, 0.5) is 5.82 Å². The molecule has 0 spiro atoms. The monoisotopic (exact) mass is 292 g/mol. The van der Waals surface area contributed by atoms with Crippen molar-refractivity contribution in [1.82, 2.24) is 14.7 Å². The lowest BCUT2D eigenvalue weighted by molar-refractivity contribution is 0.418. The SMILES string of the molecule is CCCNCc1c(N2CCC(C)(C)C2)nc2sccn12. The summed E-state index contributed by atoms with van der Waals surface area (Å²) in [5.41, 5.74) is 1.72. The molecule has 1 N–H and O–H groups in total. The van der Waals surface area contributed by atoms with Crippen LogP contribution in [0.5, 0.6) is 0 Å². The molecule has 0 aromatic carbocycles. The molecule has 0 aliphatic carbocycles. The van der Waals surface area contributed by atoms with E-state index in [1.807, 2.05) is 0 Å². The summed E-state index contributed by atoms with van der Waals surface area (Å²) in [6.07, 6.45) is 4.55. The molecule has 0 bridgehead atoms. The van der Waals surface area contributed by atoms with Crippen LogP contribution >= 0.6 is 11.3 Å². The summed E-state index contributed by atoms with van der Waals surface area (Å²) in [4.78, 5) is 8.44. The van der Waals surface area contributed by atoms with Gasteiger partial charge in [0.2, 0.25) is 0 Å². The first-order valence-corrected chi connectivity index (χ1v) is 8.39. The minimum atomic E-state index is 0.408. The van der Waals surface area contributed by atoms with Gasteiger partial charge in [0, 0.05) is 31.2 Å². The van der Waals surface area contributed by atoms with Gasteiger partial charge in [0.05, 0.1) is 5.69 Å². The van der Waals surface area contributed by atoms with Gasteiger partial charge in [-0.15, -0.1) is 11.3 Å². The number of rotatable bonds is 5. The number of thiazole rings is 1. The summed E-state index contributed by atoms with van der Waals surface area (Å²) in [7, 11) is 0. The number of hydrogen-bond acceptors (Lipinski definition) is 4. The van der Waals surface area contributed by atoms with Crippen LogP contribution in [-0.2, 0) is 6.54 Å². The van der Waals surface area contributed by atoms with Crippen LogP contribution in [-0.4, -0.2) is 29.0 Å². The number of imidazole rings is 1. The molecular weight excluding hydrogens is 268 g/mol. The Morgan fingerprint density at radius 2 is 2.30 bits per heavy atom. The predicted molar refractivity (Wildman–Crippen MR) is 85.7 cm³/mol. The van der Waals surface area contributed by atoms with E-state index in [1.165, 1.54) is 17.9 Å². The molecule has 5 heteroatoms. The molecular formula is C15H24N4S. The molecule has 4 nitrogen and oxygen atoms in total. The van der Waals surface area contributed by atoms with Crippen LogP contribution in [0.25, 0.3) is 4.96 Å². The molecule has 1 aliphatic rings. The maximum atomic E-state index is 4.87. The van der Waals surface area contributed by atoms with Crippen molar-refractivity contribution in [3.8, 4) is 0 Å². The van der Waals surface area contributed by atoms with Gasteiger partial charge >= 0.3 is 0 Å². The highest BCUT2D eigenvalue weighted by Gasteiger charge is 2.32. The average Bonchev–Trinajstić information content (AvgIpc) is 3.05. The Bertz CT molecular complexity index is 584. The summed E-state index contributed by atoms with van der Waals surface area (Å²) in [6.45, 7) is 11.1. The highest BCUT2D eigenvalue weighted by Crippen LogP contribution is 2.34. The molecule has 3 rings (SSSR count). The van der Waals surface area contributed by atoms with Crippen molar-refractivity contribution in [1.29, 1.82) is 0 Å². The first-order chi connectivity index (χ1) is 9.61. The van der Waals surface area contributed by atoms with Crippen molar-refractivity contribution in [2.24, 2.45) is 5.41 Å². The maximum absolute atomic E-state index is 4.87. The van der Waals surface area contributed by atoms with E-state index in [0.29, 0.717) is 5.41 Å². The normalized spacial score (nSPS) is 18.2. The Labute approximate surface area is 124 Å². The Morgan fingerprint density at radius 3 is 3.00 bits per heavy atom. The zero-order valence-electron chi connectivity index (χ0n) is 12.6. The minimum absolute atomic E-state index is 0.408. The Kier molecular flexibility index (Phi) is 3.73. The fraction of sp³-hybridized carbons (Fsp3) is 0.667. The van der Waals surface area contributed by atoms with Crippen molar-refractivity contribution >= 4 is 22.1 Å². The first-order valence-electron chi connectivity index (χ1n) is 7.51. The van der Waals surface area contributed by atoms with Gasteiger partial charge in [0.1, 0.15) is 0 Å². The third-order valence-electron chi connectivity index (χ3n) is 4.04. The number of hydrogen-bond donors (Lipinski definition) is 1. The number of fused-ring (bicyclic) bond motifs is 1. The summed E-state index contributed by atoms with van der Waals surface area (Å²) >= 11 is 1.72. The Hall–Kier alpha value is -1.07. The third kappa shape index (κ3) is 2.56. The fourth-order valence-corrected chi connectivity index (χ4v) is 3.64. The number of anilines is 1. The lowest BCUT2D eigenvalue weighted by Gasteiger charge is -2.21. The Balaban J connectivity index is 1.89. The Morgan fingerprint density at radius 1 is 1.45 bits per heavy atom. The average molecular weight is 292 g/mol. The largest absolute Gasteiger partial charge is 0.354 e. The van der Waals surface area contributed by atoms with Crippen LogP contribution in [0, 0.1) is 5.41 Å². The van der Waals surface area contributed by atoms with E-state index in [-0.39, 0.29) is 0 Å². The molecule has 0 atom stereocenters. The van der Waals surface area contributed by atoms with Crippen LogP contribution in [0.1, 0.15) is 39.3 Å². The van der Waals surface area contributed by atoms with Crippen molar-refractivity contribution in [2.45, 2.75) is 40.2 Å². The maximum Gasteiger partial charge on any atom is 0.195 e. The van der Waals surface area contributed by atoms with Gasteiger partial charge in [0.15, 0.2) is 10.8 Å². The highest BCUT2D eigenvalue weighted by molar-refractivity contribution is 7.15. The van der Waals surface area contributed by atoms with Crippen LogP contribution in [0.3, 0.4) is 0 Å². The van der Waals surface area contributed by atoms with E-state index in [9.17, 15) is 0 Å². The van der Waals surface area contributed by atoms with Crippen molar-refractivity contribution in [3.05, 3.63) is 17.3 Å². The summed E-state index contributed by atoms with van der Waals surface area (Å²) in [5, 5.41) is 5.64. The van der Waals surface area contributed by atoms with E-state index in [2.05, 4.69) is 47.0 Å². The molecule has 110 valence electrons. The second-order valence-electron chi connectivity index (χ2n) is 6.45. The van der Waals surface area contributed by atoms with Gasteiger partial charge in [-0.2, -0.15) is 0 Å². The molecule has 20 heavy (non-hydrogen) atoms. The molecule has 3 heterocycles. The topological polar surface area (TPSA) is 32.6 Å². The minimum Gasteiger partial charge on any atom is -0.354 e. The van der Waals surface area contributed by atoms with Gasteiger partial charge in [-0.25, -0.2) is 4.98 Å². The van der Waals surface area contributed by atoms with E-state index >= 15 is 0 Å². The second-order valence-corrected chi connectivity index (χ2v) is 7.32. The standard InChI is InChI=1S/C15H24N4S/c1-4-6-16-10-12-13(17-14-19(12)8-9-20-14)18-7-5-15(2,3)11-18/h8-9,16H,4-7,10-11H2,1-3H3. The molecule has 2 aromatic heterocycles. The smallest absolute Gasteiger partial charge is 0.195 e. The van der Waals surface area contributed by atoms with Crippen LogP contribution in [0.2, 0.25) is 0 Å². The van der Waals surface area contributed by atoms with E-state index < -0.39 is 0 Å². The predicted octanol–water partition coefficient (Wildman–Crippen LogP) is 3.13. The van der Waals surface area contributed by atoms with Gasteiger partial charge < -0.3 is 10.2 Å². The van der Waals surface area contributed by atoms with E-state index in [1.54, 1.807) is 11.3 Å². The van der Waals surface area contributed by atoms with Gasteiger partial charge in [-0.3, -0.25) is 4.40 Å². The molecule has 1 saturated heterocycles. The number of aromatic nitrogens is 2. The molecule has 0 unspecified atom stereocenters. The lowest BCUT2D eigenvalue weighted by Crippen LogP contribution is -2.25. The first kappa shape index (κ1) is 13.9. The molecule has 2 aromatic rings. The molecule has 1 fully saturated rings.